The van der Waals surface area contributed by atoms with E-state index in [1.165, 1.54) is 12.3 Å². The summed E-state index contributed by atoms with van der Waals surface area (Å²) in [5.74, 6) is 0.871. The number of nitrogens with one attached hydrogen (secondary N) is 2. The highest BCUT2D eigenvalue weighted by atomic mass is 19.1. The summed E-state index contributed by atoms with van der Waals surface area (Å²) in [5, 5.41) is 14.0. The summed E-state index contributed by atoms with van der Waals surface area (Å²) in [6.45, 7) is 0.369. The number of hydrogen-bond donors (Lipinski definition) is 2. The first kappa shape index (κ1) is 11.8. The Labute approximate surface area is 110 Å². The van der Waals surface area contributed by atoms with Crippen LogP contribution in [-0.2, 0) is 6.54 Å². The summed E-state index contributed by atoms with van der Waals surface area (Å²) in [5.41, 5.74) is 0.595. The zero-order valence-electron chi connectivity index (χ0n) is 10.3. The van der Waals surface area contributed by atoms with Crippen LogP contribution in [0, 0.1) is 5.82 Å². The van der Waals surface area contributed by atoms with Crippen LogP contribution in [0.1, 0.15) is 18.4 Å². The largest absolute Gasteiger partial charge is 0.364 e. The minimum absolute atomic E-state index is 0.228. The van der Waals surface area contributed by atoms with E-state index in [0.29, 0.717) is 29.9 Å². The maximum atomic E-state index is 13.5. The molecule has 1 fully saturated rings. The first-order valence-electron chi connectivity index (χ1n) is 6.25. The second-order valence-electron chi connectivity index (χ2n) is 4.53. The molecule has 1 aromatic heterocycles. The van der Waals surface area contributed by atoms with Crippen molar-refractivity contribution in [1.82, 2.24) is 15.2 Å². The Morgan fingerprint density at radius 3 is 2.89 bits per heavy atom. The molecule has 1 saturated carbocycles. The third-order valence-corrected chi connectivity index (χ3v) is 2.89. The number of aromatic nitrogens is 3. The molecule has 1 heterocycles. The number of halogens is 1. The second-order valence-corrected chi connectivity index (χ2v) is 4.53. The third-order valence-electron chi connectivity index (χ3n) is 2.89. The van der Waals surface area contributed by atoms with Gasteiger partial charge in [0.1, 0.15) is 5.82 Å². The zero-order chi connectivity index (χ0) is 13.1. The van der Waals surface area contributed by atoms with Crippen LogP contribution in [0.4, 0.5) is 16.2 Å². The summed E-state index contributed by atoms with van der Waals surface area (Å²) in [7, 11) is 0. The lowest BCUT2D eigenvalue weighted by molar-refractivity contribution is 0.613. The van der Waals surface area contributed by atoms with Crippen LogP contribution in [0.3, 0.4) is 0 Å². The molecule has 0 spiro atoms. The van der Waals surface area contributed by atoms with Crippen LogP contribution in [0.5, 0.6) is 0 Å². The van der Waals surface area contributed by atoms with Crippen molar-refractivity contribution in [3.63, 3.8) is 0 Å². The Hall–Kier alpha value is -2.24. The van der Waals surface area contributed by atoms with Crippen molar-refractivity contribution >= 4 is 11.8 Å². The first-order chi connectivity index (χ1) is 9.31. The predicted molar refractivity (Wildman–Crippen MR) is 70.2 cm³/mol. The molecule has 0 aliphatic heterocycles. The molecule has 1 aromatic carbocycles. The minimum atomic E-state index is -0.228. The zero-order valence-corrected chi connectivity index (χ0v) is 10.3. The normalized spacial score (nSPS) is 14.2. The highest BCUT2D eigenvalue weighted by Crippen LogP contribution is 2.22. The van der Waals surface area contributed by atoms with Crippen molar-refractivity contribution in [2.75, 3.05) is 10.6 Å². The predicted octanol–water partition coefficient (Wildman–Crippen LogP) is 2.20. The van der Waals surface area contributed by atoms with Gasteiger partial charge >= 0.3 is 0 Å². The molecule has 0 unspecified atom stereocenters. The van der Waals surface area contributed by atoms with Gasteiger partial charge in [-0.25, -0.2) is 4.39 Å². The van der Waals surface area contributed by atoms with Gasteiger partial charge < -0.3 is 10.6 Å². The van der Waals surface area contributed by atoms with Crippen LogP contribution in [-0.4, -0.2) is 21.2 Å². The number of rotatable bonds is 5. The van der Waals surface area contributed by atoms with Gasteiger partial charge in [0, 0.05) is 18.2 Å². The van der Waals surface area contributed by atoms with Gasteiger partial charge in [0.05, 0.1) is 6.20 Å². The topological polar surface area (TPSA) is 62.7 Å². The monoisotopic (exact) mass is 259 g/mol. The summed E-state index contributed by atoms with van der Waals surface area (Å²) >= 11 is 0. The third kappa shape index (κ3) is 3.15. The molecule has 0 atom stereocenters. The number of hydrogen-bond acceptors (Lipinski definition) is 5. The summed E-state index contributed by atoms with van der Waals surface area (Å²) in [6.07, 6.45) is 3.82. The molecular formula is C13H14FN5. The Bertz CT molecular complexity index is 570. The van der Waals surface area contributed by atoms with Crippen molar-refractivity contribution < 1.29 is 4.39 Å². The van der Waals surface area contributed by atoms with E-state index in [1.54, 1.807) is 18.2 Å². The van der Waals surface area contributed by atoms with Gasteiger partial charge in [-0.3, -0.25) is 0 Å². The molecule has 2 N–H and O–H groups in total. The maximum absolute atomic E-state index is 13.5. The number of benzene rings is 1. The van der Waals surface area contributed by atoms with Crippen molar-refractivity contribution in [3.05, 3.63) is 41.8 Å². The smallest absolute Gasteiger partial charge is 0.244 e. The molecule has 3 rings (SSSR count). The fourth-order valence-electron chi connectivity index (χ4n) is 1.69. The van der Waals surface area contributed by atoms with Gasteiger partial charge in [-0.15, -0.1) is 5.10 Å². The van der Waals surface area contributed by atoms with E-state index in [9.17, 15) is 4.39 Å². The van der Waals surface area contributed by atoms with E-state index < -0.39 is 0 Å². The van der Waals surface area contributed by atoms with Gasteiger partial charge in [0.15, 0.2) is 5.82 Å². The second kappa shape index (κ2) is 5.17. The average Bonchev–Trinajstić information content (AvgIpc) is 3.22. The highest BCUT2D eigenvalue weighted by Gasteiger charge is 2.22. The standard InChI is InChI=1S/C13H14FN5/c14-11-4-2-1-3-9(11)7-15-12-8-16-19-13(18-12)17-10-5-6-10/h1-4,8,10H,5-7H2,(H2,15,17,18,19). The molecule has 6 heteroatoms. The summed E-state index contributed by atoms with van der Waals surface area (Å²) in [4.78, 5) is 4.28. The minimum Gasteiger partial charge on any atom is -0.364 e. The molecule has 98 valence electrons. The molecule has 0 saturated heterocycles. The molecule has 2 aromatic rings. The first-order valence-corrected chi connectivity index (χ1v) is 6.25. The molecular weight excluding hydrogens is 245 g/mol. The molecule has 1 aliphatic carbocycles. The van der Waals surface area contributed by atoms with Gasteiger partial charge in [-0.1, -0.05) is 18.2 Å². The van der Waals surface area contributed by atoms with E-state index in [0.717, 1.165) is 12.8 Å². The van der Waals surface area contributed by atoms with Crippen LogP contribution in [0.2, 0.25) is 0 Å². The maximum Gasteiger partial charge on any atom is 0.244 e. The molecule has 5 nitrogen and oxygen atoms in total. The van der Waals surface area contributed by atoms with Crippen LogP contribution < -0.4 is 10.6 Å². The molecule has 0 radical (unpaired) electrons. The lowest BCUT2D eigenvalue weighted by atomic mass is 10.2. The average molecular weight is 259 g/mol. The van der Waals surface area contributed by atoms with E-state index in [1.807, 2.05) is 0 Å². The molecule has 0 amide bonds. The lowest BCUT2D eigenvalue weighted by Gasteiger charge is -2.07. The van der Waals surface area contributed by atoms with Crippen molar-refractivity contribution in [3.8, 4) is 0 Å². The van der Waals surface area contributed by atoms with Gasteiger partial charge in [0.25, 0.3) is 0 Å². The quantitative estimate of drug-likeness (QED) is 0.861. The summed E-state index contributed by atoms with van der Waals surface area (Å²) < 4.78 is 13.5. The van der Waals surface area contributed by atoms with Crippen molar-refractivity contribution in [1.29, 1.82) is 0 Å². The Kier molecular flexibility index (Phi) is 3.22. The lowest BCUT2D eigenvalue weighted by Crippen LogP contribution is -2.09. The summed E-state index contributed by atoms with van der Waals surface area (Å²) in [6, 6.07) is 7.13. The van der Waals surface area contributed by atoms with Crippen LogP contribution >= 0.6 is 0 Å². The van der Waals surface area contributed by atoms with E-state index in [-0.39, 0.29) is 5.82 Å². The number of nitrogens with zero attached hydrogens (tertiary/aromatic N) is 3. The van der Waals surface area contributed by atoms with E-state index >= 15 is 0 Å². The van der Waals surface area contributed by atoms with Crippen LogP contribution in [0.15, 0.2) is 30.5 Å². The Balaban J connectivity index is 1.64. The SMILES string of the molecule is Fc1ccccc1CNc1cnnc(NC2CC2)n1. The Morgan fingerprint density at radius 2 is 2.11 bits per heavy atom. The van der Waals surface area contributed by atoms with Gasteiger partial charge in [-0.05, 0) is 18.9 Å². The Morgan fingerprint density at radius 1 is 1.26 bits per heavy atom. The molecule has 0 bridgehead atoms. The number of anilines is 2. The fourth-order valence-corrected chi connectivity index (χ4v) is 1.69. The fraction of sp³-hybridized carbons (Fsp3) is 0.308. The molecule has 1 aliphatic rings. The van der Waals surface area contributed by atoms with Gasteiger partial charge in [0.2, 0.25) is 5.95 Å². The molecule has 19 heavy (non-hydrogen) atoms. The van der Waals surface area contributed by atoms with Crippen LogP contribution in [0.25, 0.3) is 0 Å². The highest BCUT2D eigenvalue weighted by molar-refractivity contribution is 5.39. The van der Waals surface area contributed by atoms with Crippen molar-refractivity contribution in [2.24, 2.45) is 0 Å². The van der Waals surface area contributed by atoms with Gasteiger partial charge in [-0.2, -0.15) is 10.1 Å². The van der Waals surface area contributed by atoms with E-state index in [4.69, 9.17) is 0 Å². The van der Waals surface area contributed by atoms with E-state index in [2.05, 4.69) is 25.8 Å². The van der Waals surface area contributed by atoms with Crippen molar-refractivity contribution in [2.45, 2.75) is 25.4 Å².